The van der Waals surface area contributed by atoms with E-state index in [2.05, 4.69) is 19.7 Å². The van der Waals surface area contributed by atoms with Crippen molar-refractivity contribution in [1.82, 2.24) is 15.0 Å². The minimum Gasteiger partial charge on any atom is -0.265 e. The summed E-state index contributed by atoms with van der Waals surface area (Å²) in [4.78, 5) is 11.7. The highest BCUT2D eigenvalue weighted by Gasteiger charge is 2.14. The van der Waals surface area contributed by atoms with Gasteiger partial charge in [-0.25, -0.2) is 18.4 Å². The van der Waals surface area contributed by atoms with E-state index in [1.807, 2.05) is 12.1 Å². The lowest BCUT2D eigenvalue weighted by atomic mass is 10.1. The molecule has 0 saturated heterocycles. The molecule has 2 aromatic heterocycles. The largest absolute Gasteiger partial charge is 0.265 e. The Morgan fingerprint density at radius 1 is 0.773 bits per heavy atom. The van der Waals surface area contributed by atoms with Crippen LogP contribution in [0.25, 0.3) is 11.1 Å². The number of rotatable bonds is 4. The maximum atomic E-state index is 12.3. The molecule has 0 bridgehead atoms. The summed E-state index contributed by atoms with van der Waals surface area (Å²) in [6.45, 7) is 0. The fourth-order valence-corrected chi connectivity index (χ4v) is 2.93. The number of anilines is 1. The van der Waals surface area contributed by atoms with Crippen molar-refractivity contribution in [3.05, 3.63) is 67.4 Å². The number of nitrogens with zero attached hydrogens (tertiary/aromatic N) is 3. The Labute approximate surface area is 128 Å². The average molecular weight is 312 g/mol. The first-order valence-corrected chi connectivity index (χ1v) is 7.93. The summed E-state index contributed by atoms with van der Waals surface area (Å²) in [5.74, 6) is 0.230. The second kappa shape index (κ2) is 5.90. The van der Waals surface area contributed by atoms with Gasteiger partial charge in [0.05, 0.1) is 4.90 Å². The van der Waals surface area contributed by atoms with Crippen molar-refractivity contribution < 1.29 is 8.42 Å². The van der Waals surface area contributed by atoms with Crippen LogP contribution in [0.5, 0.6) is 0 Å². The van der Waals surface area contributed by atoms with Crippen LogP contribution < -0.4 is 4.72 Å². The van der Waals surface area contributed by atoms with Crippen LogP contribution in [-0.4, -0.2) is 23.4 Å². The minimum absolute atomic E-state index is 0.170. The van der Waals surface area contributed by atoms with Gasteiger partial charge in [-0.1, -0.05) is 12.1 Å². The zero-order valence-electron chi connectivity index (χ0n) is 11.4. The standard InChI is InChI=1S/C15H12N4O2S/c20-22(21,19-15-7-10-17-11-18-15)14-3-1-12(2-4-14)13-5-8-16-9-6-13/h1-11H,(H,17,18,19). The molecule has 0 aliphatic heterocycles. The van der Waals surface area contributed by atoms with Crippen LogP contribution in [0.15, 0.2) is 72.3 Å². The zero-order valence-corrected chi connectivity index (χ0v) is 12.2. The van der Waals surface area contributed by atoms with E-state index in [4.69, 9.17) is 0 Å². The zero-order chi connectivity index (χ0) is 15.4. The lowest BCUT2D eigenvalue weighted by molar-refractivity contribution is 0.601. The Balaban J connectivity index is 1.86. The Kier molecular flexibility index (Phi) is 3.80. The lowest BCUT2D eigenvalue weighted by Gasteiger charge is -2.08. The third-order valence-corrected chi connectivity index (χ3v) is 4.37. The minimum atomic E-state index is -3.66. The predicted octanol–water partition coefficient (Wildman–Crippen LogP) is 2.34. The van der Waals surface area contributed by atoms with Gasteiger partial charge in [0.2, 0.25) is 0 Å². The van der Waals surface area contributed by atoms with Crippen molar-refractivity contribution in [3.63, 3.8) is 0 Å². The van der Waals surface area contributed by atoms with Crippen LogP contribution in [0.2, 0.25) is 0 Å². The highest BCUT2D eigenvalue weighted by atomic mass is 32.2. The van der Waals surface area contributed by atoms with Gasteiger partial charge in [0.25, 0.3) is 10.0 Å². The molecule has 0 unspecified atom stereocenters. The molecule has 0 aliphatic carbocycles. The first-order chi connectivity index (χ1) is 10.6. The van der Waals surface area contributed by atoms with Gasteiger partial charge in [-0.3, -0.25) is 9.71 Å². The number of pyridine rings is 1. The quantitative estimate of drug-likeness (QED) is 0.799. The van der Waals surface area contributed by atoms with Gasteiger partial charge in [-0.2, -0.15) is 0 Å². The summed E-state index contributed by atoms with van der Waals surface area (Å²) in [6, 6.07) is 11.8. The topological polar surface area (TPSA) is 84.8 Å². The van der Waals surface area contributed by atoms with E-state index in [1.54, 1.807) is 36.7 Å². The maximum Gasteiger partial charge on any atom is 0.263 e. The molecule has 22 heavy (non-hydrogen) atoms. The van der Waals surface area contributed by atoms with Crippen molar-refractivity contribution in [2.75, 3.05) is 4.72 Å². The molecule has 7 heteroatoms. The molecule has 0 fully saturated rings. The molecule has 0 aliphatic rings. The summed E-state index contributed by atoms with van der Waals surface area (Å²) in [5, 5.41) is 0. The number of benzene rings is 1. The Bertz CT molecular complexity index is 851. The number of sulfonamides is 1. The molecular weight excluding hydrogens is 300 g/mol. The second-order valence-electron chi connectivity index (χ2n) is 4.46. The molecule has 0 saturated carbocycles. The van der Waals surface area contributed by atoms with Crippen LogP contribution in [0.3, 0.4) is 0 Å². The van der Waals surface area contributed by atoms with Crippen LogP contribution in [0.4, 0.5) is 5.82 Å². The summed E-state index contributed by atoms with van der Waals surface area (Å²) >= 11 is 0. The van der Waals surface area contributed by atoms with Gasteiger partial charge < -0.3 is 0 Å². The predicted molar refractivity (Wildman–Crippen MR) is 82.5 cm³/mol. The maximum absolute atomic E-state index is 12.3. The fourth-order valence-electron chi connectivity index (χ4n) is 1.92. The molecule has 2 heterocycles. The average Bonchev–Trinajstić information content (AvgIpc) is 2.56. The van der Waals surface area contributed by atoms with E-state index >= 15 is 0 Å². The van der Waals surface area contributed by atoms with Crippen molar-refractivity contribution in [3.8, 4) is 11.1 Å². The van der Waals surface area contributed by atoms with Gasteiger partial charge in [0, 0.05) is 18.6 Å². The molecule has 3 rings (SSSR count). The third kappa shape index (κ3) is 3.09. The van der Waals surface area contributed by atoms with Gasteiger partial charge in [-0.05, 0) is 41.5 Å². The molecule has 1 aromatic carbocycles. The van der Waals surface area contributed by atoms with Crippen LogP contribution in [-0.2, 0) is 10.0 Å². The summed E-state index contributed by atoms with van der Waals surface area (Å²) in [5.41, 5.74) is 1.89. The first kappa shape index (κ1) is 14.2. The van der Waals surface area contributed by atoms with Gasteiger partial charge >= 0.3 is 0 Å². The number of aromatic nitrogens is 3. The van der Waals surface area contributed by atoms with Gasteiger partial charge in [0.15, 0.2) is 0 Å². The monoisotopic (exact) mass is 312 g/mol. The Morgan fingerprint density at radius 3 is 2.05 bits per heavy atom. The molecule has 1 N–H and O–H groups in total. The molecule has 0 radical (unpaired) electrons. The Morgan fingerprint density at radius 2 is 1.41 bits per heavy atom. The van der Waals surface area contributed by atoms with Crippen LogP contribution in [0, 0.1) is 0 Å². The van der Waals surface area contributed by atoms with Gasteiger partial charge in [0.1, 0.15) is 12.1 Å². The summed E-state index contributed by atoms with van der Waals surface area (Å²) in [6.07, 6.45) is 6.13. The molecule has 6 nitrogen and oxygen atoms in total. The molecule has 0 spiro atoms. The van der Waals surface area contributed by atoms with E-state index in [0.29, 0.717) is 0 Å². The highest BCUT2D eigenvalue weighted by Crippen LogP contribution is 2.21. The van der Waals surface area contributed by atoms with Gasteiger partial charge in [-0.15, -0.1) is 0 Å². The van der Waals surface area contributed by atoms with E-state index in [9.17, 15) is 8.42 Å². The van der Waals surface area contributed by atoms with E-state index in [0.717, 1.165) is 11.1 Å². The normalized spacial score (nSPS) is 11.1. The molecule has 0 atom stereocenters. The van der Waals surface area contributed by atoms with E-state index < -0.39 is 10.0 Å². The second-order valence-corrected chi connectivity index (χ2v) is 6.14. The third-order valence-electron chi connectivity index (χ3n) is 3.00. The lowest BCUT2D eigenvalue weighted by Crippen LogP contribution is -2.13. The Hall–Kier alpha value is -2.80. The van der Waals surface area contributed by atoms with E-state index in [-0.39, 0.29) is 10.7 Å². The molecule has 0 amide bonds. The number of hydrogen-bond donors (Lipinski definition) is 1. The summed E-state index contributed by atoms with van der Waals surface area (Å²) < 4.78 is 26.9. The van der Waals surface area contributed by atoms with Crippen LogP contribution in [0.1, 0.15) is 0 Å². The van der Waals surface area contributed by atoms with Crippen molar-refractivity contribution >= 4 is 15.8 Å². The van der Waals surface area contributed by atoms with Crippen molar-refractivity contribution in [1.29, 1.82) is 0 Å². The smallest absolute Gasteiger partial charge is 0.263 e. The van der Waals surface area contributed by atoms with Crippen molar-refractivity contribution in [2.24, 2.45) is 0 Å². The first-order valence-electron chi connectivity index (χ1n) is 6.44. The highest BCUT2D eigenvalue weighted by molar-refractivity contribution is 7.92. The van der Waals surface area contributed by atoms with Crippen LogP contribution >= 0.6 is 0 Å². The number of nitrogens with one attached hydrogen (secondary N) is 1. The van der Waals surface area contributed by atoms with E-state index in [1.165, 1.54) is 18.6 Å². The number of hydrogen-bond acceptors (Lipinski definition) is 5. The molecular formula is C15H12N4O2S. The summed E-state index contributed by atoms with van der Waals surface area (Å²) in [7, 11) is -3.66. The molecule has 3 aromatic rings. The molecule has 110 valence electrons. The fraction of sp³-hybridized carbons (Fsp3) is 0. The SMILES string of the molecule is O=S(=O)(Nc1ccncn1)c1ccc(-c2ccncc2)cc1. The van der Waals surface area contributed by atoms with Crippen molar-refractivity contribution in [2.45, 2.75) is 4.90 Å².